The molecule has 1 amide bonds. The number of aromatic amines is 1. The molecule has 0 aromatic carbocycles. The number of imidazole rings is 1. The molecule has 0 saturated heterocycles. The number of halogens is 2. The summed E-state index contributed by atoms with van der Waals surface area (Å²) in [6, 6.07) is 1.31. The van der Waals surface area contributed by atoms with Gasteiger partial charge in [-0.15, -0.1) is 10.2 Å². The van der Waals surface area contributed by atoms with Crippen LogP contribution in [0.15, 0.2) is 23.0 Å². The van der Waals surface area contributed by atoms with Gasteiger partial charge in [0.05, 0.1) is 24.3 Å². The lowest BCUT2D eigenvalue weighted by Crippen LogP contribution is -2.36. The first-order chi connectivity index (χ1) is 11.6. The number of amides is 1. The Hall–Kier alpha value is -3.11. The van der Waals surface area contributed by atoms with Gasteiger partial charge in [0.15, 0.2) is 0 Å². The number of H-pyrrole nitrogens is 1. The molecule has 11 heteroatoms. The maximum Gasteiger partial charge on any atom is 0.333 e. The van der Waals surface area contributed by atoms with Crippen molar-refractivity contribution < 1.29 is 18.0 Å². The van der Waals surface area contributed by atoms with E-state index in [0.29, 0.717) is 24.2 Å². The third-order valence-electron chi connectivity index (χ3n) is 3.70. The van der Waals surface area contributed by atoms with E-state index in [4.69, 9.17) is 4.42 Å². The highest BCUT2D eigenvalue weighted by Crippen LogP contribution is 2.20. The topological polar surface area (TPSA) is 106 Å². The lowest BCUT2D eigenvalue weighted by atomic mass is 10.1. The lowest BCUT2D eigenvalue weighted by Gasteiger charge is -2.24. The van der Waals surface area contributed by atoms with Gasteiger partial charge in [-0.25, -0.2) is 9.67 Å². The SMILES string of the molecule is O=C(c1nnc(-c2ccn(C(F)F)n2)o1)N1CCc2nc[nH]c2C1. The quantitative estimate of drug-likeness (QED) is 0.772. The van der Waals surface area contributed by atoms with Crippen LogP contribution < -0.4 is 0 Å². The van der Waals surface area contributed by atoms with Gasteiger partial charge in [-0.05, 0) is 6.07 Å². The van der Waals surface area contributed by atoms with E-state index in [1.807, 2.05) is 0 Å². The molecule has 0 atom stereocenters. The Kier molecular flexibility index (Phi) is 3.32. The van der Waals surface area contributed by atoms with E-state index in [9.17, 15) is 13.6 Å². The normalized spacial score (nSPS) is 14.2. The summed E-state index contributed by atoms with van der Waals surface area (Å²) in [6.07, 6.45) is 3.31. The summed E-state index contributed by atoms with van der Waals surface area (Å²) in [4.78, 5) is 21.1. The number of nitrogens with zero attached hydrogens (tertiary/aromatic N) is 6. The highest BCUT2D eigenvalue weighted by atomic mass is 19.3. The highest BCUT2D eigenvalue weighted by molar-refractivity contribution is 5.89. The second-order valence-corrected chi connectivity index (χ2v) is 5.18. The number of carbonyl (C=O) groups excluding carboxylic acids is 1. The first kappa shape index (κ1) is 14.5. The van der Waals surface area contributed by atoms with E-state index in [1.165, 1.54) is 6.07 Å². The number of nitrogens with one attached hydrogen (secondary N) is 1. The van der Waals surface area contributed by atoms with Gasteiger partial charge in [-0.1, -0.05) is 0 Å². The third kappa shape index (κ3) is 2.43. The Morgan fingerprint density at radius 2 is 2.25 bits per heavy atom. The Morgan fingerprint density at radius 3 is 3.04 bits per heavy atom. The first-order valence-corrected chi connectivity index (χ1v) is 7.09. The van der Waals surface area contributed by atoms with Crippen LogP contribution in [-0.4, -0.2) is 47.3 Å². The minimum absolute atomic E-state index is 0.0800. The molecule has 24 heavy (non-hydrogen) atoms. The summed E-state index contributed by atoms with van der Waals surface area (Å²) < 4.78 is 30.8. The van der Waals surface area contributed by atoms with Crippen molar-refractivity contribution >= 4 is 5.91 Å². The summed E-state index contributed by atoms with van der Waals surface area (Å²) in [5.41, 5.74) is 1.88. The van der Waals surface area contributed by atoms with Gasteiger partial charge in [0.25, 0.3) is 5.89 Å². The molecule has 1 aliphatic rings. The van der Waals surface area contributed by atoms with Crippen LogP contribution in [-0.2, 0) is 13.0 Å². The average molecular weight is 335 g/mol. The van der Waals surface area contributed by atoms with Crippen LogP contribution >= 0.6 is 0 Å². The fourth-order valence-electron chi connectivity index (χ4n) is 2.50. The predicted octanol–water partition coefficient (Wildman–Crippen LogP) is 1.25. The first-order valence-electron chi connectivity index (χ1n) is 7.09. The number of rotatable bonds is 3. The minimum atomic E-state index is -2.76. The smallest absolute Gasteiger partial charge is 0.333 e. The average Bonchev–Trinajstić information content (AvgIpc) is 3.31. The molecule has 0 fully saturated rings. The summed E-state index contributed by atoms with van der Waals surface area (Å²) in [5, 5.41) is 11.0. The zero-order chi connectivity index (χ0) is 16.7. The van der Waals surface area contributed by atoms with Gasteiger partial charge in [-0.3, -0.25) is 4.79 Å². The van der Waals surface area contributed by atoms with E-state index >= 15 is 0 Å². The largest absolute Gasteiger partial charge is 0.411 e. The molecule has 3 aromatic heterocycles. The number of fused-ring (bicyclic) bond motifs is 1. The van der Waals surface area contributed by atoms with Gasteiger partial charge >= 0.3 is 18.3 Å². The molecule has 124 valence electrons. The standard InChI is InChI=1S/C13H11F2N7O2/c14-13(15)22-4-2-8(20-22)10-18-19-11(24-10)12(23)21-3-1-7-9(5-21)17-6-16-7/h2,4,6,13H,1,3,5H2,(H,16,17). The maximum atomic E-state index is 12.5. The molecule has 0 bridgehead atoms. The van der Waals surface area contributed by atoms with Crippen LogP contribution in [0.2, 0.25) is 0 Å². The van der Waals surface area contributed by atoms with E-state index in [0.717, 1.165) is 17.6 Å². The molecule has 0 saturated carbocycles. The predicted molar refractivity (Wildman–Crippen MR) is 73.8 cm³/mol. The van der Waals surface area contributed by atoms with Gasteiger partial charge in [-0.2, -0.15) is 13.9 Å². The van der Waals surface area contributed by atoms with Crippen molar-refractivity contribution in [3.63, 3.8) is 0 Å². The van der Waals surface area contributed by atoms with E-state index < -0.39 is 12.5 Å². The maximum absolute atomic E-state index is 12.5. The van der Waals surface area contributed by atoms with Crippen molar-refractivity contribution in [1.29, 1.82) is 0 Å². The summed E-state index contributed by atoms with van der Waals surface area (Å²) in [7, 11) is 0. The second-order valence-electron chi connectivity index (χ2n) is 5.18. The van der Waals surface area contributed by atoms with Crippen LogP contribution in [0.1, 0.15) is 28.6 Å². The molecule has 4 rings (SSSR count). The van der Waals surface area contributed by atoms with Gasteiger partial charge in [0.2, 0.25) is 0 Å². The molecule has 0 aliphatic carbocycles. The van der Waals surface area contributed by atoms with Crippen molar-refractivity contribution in [3.8, 4) is 11.6 Å². The number of carbonyl (C=O) groups is 1. The molecule has 1 N–H and O–H groups in total. The second kappa shape index (κ2) is 5.51. The highest BCUT2D eigenvalue weighted by Gasteiger charge is 2.27. The molecule has 0 unspecified atom stereocenters. The fraction of sp³-hybridized carbons (Fsp3) is 0.308. The van der Waals surface area contributed by atoms with E-state index in [1.54, 1.807) is 11.2 Å². The number of hydrogen-bond acceptors (Lipinski definition) is 6. The van der Waals surface area contributed by atoms with Crippen LogP contribution in [0, 0.1) is 0 Å². The third-order valence-corrected chi connectivity index (χ3v) is 3.70. The van der Waals surface area contributed by atoms with Crippen molar-refractivity contribution in [3.05, 3.63) is 35.9 Å². The Morgan fingerprint density at radius 1 is 1.38 bits per heavy atom. The molecular formula is C13H11F2N7O2. The minimum Gasteiger partial charge on any atom is -0.411 e. The number of aromatic nitrogens is 6. The number of alkyl halides is 2. The molecule has 9 nitrogen and oxygen atoms in total. The molecule has 4 heterocycles. The zero-order valence-electron chi connectivity index (χ0n) is 12.2. The van der Waals surface area contributed by atoms with Crippen molar-refractivity contribution in [1.82, 2.24) is 34.8 Å². The molecule has 3 aromatic rings. The van der Waals surface area contributed by atoms with Crippen LogP contribution in [0.5, 0.6) is 0 Å². The summed E-state index contributed by atoms with van der Waals surface area (Å²) in [5.74, 6) is -0.723. The summed E-state index contributed by atoms with van der Waals surface area (Å²) in [6.45, 7) is -1.92. The molecule has 1 aliphatic heterocycles. The Bertz CT molecular complexity index is 884. The van der Waals surface area contributed by atoms with Crippen LogP contribution in [0.25, 0.3) is 11.6 Å². The fourth-order valence-corrected chi connectivity index (χ4v) is 2.50. The molecular weight excluding hydrogens is 324 g/mol. The van der Waals surface area contributed by atoms with Crippen molar-refractivity contribution in [2.75, 3.05) is 6.54 Å². The van der Waals surface area contributed by atoms with Gasteiger partial charge in [0.1, 0.15) is 5.69 Å². The molecule has 0 spiro atoms. The monoisotopic (exact) mass is 335 g/mol. The zero-order valence-corrected chi connectivity index (χ0v) is 12.2. The van der Waals surface area contributed by atoms with Crippen LogP contribution in [0.4, 0.5) is 8.78 Å². The Balaban J connectivity index is 1.53. The number of hydrogen-bond donors (Lipinski definition) is 1. The van der Waals surface area contributed by atoms with Crippen molar-refractivity contribution in [2.24, 2.45) is 0 Å². The van der Waals surface area contributed by atoms with Gasteiger partial charge < -0.3 is 14.3 Å². The van der Waals surface area contributed by atoms with Crippen LogP contribution in [0.3, 0.4) is 0 Å². The Labute approximate surface area is 133 Å². The summed E-state index contributed by atoms with van der Waals surface area (Å²) >= 11 is 0. The molecule has 0 radical (unpaired) electrons. The van der Waals surface area contributed by atoms with Gasteiger partial charge in [0, 0.05) is 19.2 Å². The van der Waals surface area contributed by atoms with Crippen molar-refractivity contribution in [2.45, 2.75) is 19.5 Å². The van der Waals surface area contributed by atoms with E-state index in [2.05, 4.69) is 25.3 Å². The van der Waals surface area contributed by atoms with E-state index in [-0.39, 0.29) is 17.5 Å². The lowest BCUT2D eigenvalue weighted by molar-refractivity contribution is 0.0567.